The lowest BCUT2D eigenvalue weighted by Gasteiger charge is -2.24. The normalized spacial score (nSPS) is 17.9. The minimum absolute atomic E-state index is 0.413. The highest BCUT2D eigenvalue weighted by atomic mass is 32.1. The summed E-state index contributed by atoms with van der Waals surface area (Å²) in [6, 6.07) is 12.9. The van der Waals surface area contributed by atoms with Crippen LogP contribution >= 0.6 is 11.3 Å². The van der Waals surface area contributed by atoms with Gasteiger partial charge < -0.3 is 9.15 Å². The van der Waals surface area contributed by atoms with Crippen LogP contribution in [-0.4, -0.2) is 23.5 Å². The van der Waals surface area contributed by atoms with E-state index in [1.165, 1.54) is 18.4 Å². The number of rotatable bonds is 5. The Bertz CT molecular complexity index is 841. The van der Waals surface area contributed by atoms with Crippen LogP contribution in [0.2, 0.25) is 0 Å². The number of benzene rings is 1. The van der Waals surface area contributed by atoms with Gasteiger partial charge in [-0.1, -0.05) is 18.2 Å². The Kier molecular flexibility index (Phi) is 4.59. The van der Waals surface area contributed by atoms with Gasteiger partial charge in [-0.25, -0.2) is 4.98 Å². The van der Waals surface area contributed by atoms with Gasteiger partial charge in [0.05, 0.1) is 17.7 Å². The molecule has 1 atom stereocenters. The van der Waals surface area contributed by atoms with E-state index in [0.29, 0.717) is 6.04 Å². The van der Waals surface area contributed by atoms with Gasteiger partial charge in [0, 0.05) is 12.6 Å². The van der Waals surface area contributed by atoms with Gasteiger partial charge in [0.25, 0.3) is 0 Å². The van der Waals surface area contributed by atoms with Gasteiger partial charge in [0.1, 0.15) is 11.5 Å². The topological polar surface area (TPSA) is 38.5 Å². The summed E-state index contributed by atoms with van der Waals surface area (Å²) in [5, 5.41) is 2.05. The zero-order valence-corrected chi connectivity index (χ0v) is 15.4. The minimum atomic E-state index is 0.413. The summed E-state index contributed by atoms with van der Waals surface area (Å²) in [7, 11) is 1.72. The van der Waals surface area contributed by atoms with Crippen LogP contribution in [0.25, 0.3) is 10.8 Å². The fraction of sp³-hybridized carbons (Fsp3) is 0.350. The molecule has 25 heavy (non-hydrogen) atoms. The van der Waals surface area contributed by atoms with Gasteiger partial charge in [-0.2, -0.15) is 0 Å². The molecule has 1 aliphatic heterocycles. The molecule has 5 heteroatoms. The van der Waals surface area contributed by atoms with Crippen LogP contribution < -0.4 is 4.74 Å². The highest BCUT2D eigenvalue weighted by molar-refractivity contribution is 7.13. The van der Waals surface area contributed by atoms with Gasteiger partial charge in [-0.3, -0.25) is 4.90 Å². The van der Waals surface area contributed by atoms with E-state index in [1.54, 1.807) is 18.4 Å². The molecule has 1 saturated heterocycles. The molecular formula is C20H22N2O2S. The van der Waals surface area contributed by atoms with Gasteiger partial charge >= 0.3 is 0 Å². The number of likely N-dealkylation sites (tertiary alicyclic amines) is 1. The second-order valence-corrected chi connectivity index (χ2v) is 7.35. The second-order valence-electron chi connectivity index (χ2n) is 6.40. The third kappa shape index (κ3) is 3.34. The lowest BCUT2D eigenvalue weighted by molar-refractivity contribution is 0.244. The molecule has 2 aromatic heterocycles. The summed E-state index contributed by atoms with van der Waals surface area (Å²) in [4.78, 5) is 8.34. The maximum Gasteiger partial charge on any atom is 0.236 e. The Morgan fingerprint density at radius 3 is 3.04 bits per heavy atom. The maximum absolute atomic E-state index is 5.90. The first-order valence-corrected chi connectivity index (χ1v) is 9.51. The molecule has 0 saturated carbocycles. The van der Waals surface area contributed by atoms with Crippen LogP contribution in [0.4, 0.5) is 0 Å². The van der Waals surface area contributed by atoms with E-state index in [0.717, 1.165) is 41.1 Å². The molecule has 0 aliphatic carbocycles. The van der Waals surface area contributed by atoms with Crippen LogP contribution in [-0.2, 0) is 6.54 Å². The number of oxazole rings is 1. The van der Waals surface area contributed by atoms with Gasteiger partial charge in [0.15, 0.2) is 0 Å². The molecule has 1 aliphatic rings. The first-order chi connectivity index (χ1) is 12.2. The lowest BCUT2D eigenvalue weighted by atomic mass is 10.0. The molecule has 0 N–H and O–H groups in total. The van der Waals surface area contributed by atoms with E-state index in [9.17, 15) is 0 Å². The molecule has 0 bridgehead atoms. The number of methoxy groups -OCH3 is 1. The number of hydrogen-bond acceptors (Lipinski definition) is 5. The first-order valence-electron chi connectivity index (χ1n) is 8.63. The summed E-state index contributed by atoms with van der Waals surface area (Å²) in [5.41, 5.74) is 2.36. The third-order valence-corrected chi connectivity index (χ3v) is 5.68. The predicted molar refractivity (Wildman–Crippen MR) is 99.9 cm³/mol. The summed E-state index contributed by atoms with van der Waals surface area (Å²) in [6.07, 6.45) is 2.37. The van der Waals surface area contributed by atoms with Crippen molar-refractivity contribution < 1.29 is 9.15 Å². The molecule has 3 aromatic rings. The zero-order valence-electron chi connectivity index (χ0n) is 14.6. The largest absolute Gasteiger partial charge is 0.497 e. The van der Waals surface area contributed by atoms with Crippen LogP contribution in [0.5, 0.6) is 5.75 Å². The number of ether oxygens (including phenoxy) is 1. The molecule has 0 amide bonds. The van der Waals surface area contributed by atoms with Crippen molar-refractivity contribution in [2.45, 2.75) is 32.4 Å². The monoisotopic (exact) mass is 354 g/mol. The van der Waals surface area contributed by atoms with Gasteiger partial charge in [-0.05, 0) is 55.5 Å². The molecule has 3 heterocycles. The fourth-order valence-corrected chi connectivity index (χ4v) is 4.16. The molecule has 1 fully saturated rings. The molecule has 0 radical (unpaired) electrons. The van der Waals surface area contributed by atoms with Crippen molar-refractivity contribution in [2.75, 3.05) is 13.7 Å². The fourth-order valence-electron chi connectivity index (χ4n) is 3.51. The molecule has 0 spiro atoms. The Morgan fingerprint density at radius 1 is 1.32 bits per heavy atom. The Hall–Kier alpha value is -2.11. The van der Waals surface area contributed by atoms with E-state index in [4.69, 9.17) is 14.1 Å². The van der Waals surface area contributed by atoms with Crippen molar-refractivity contribution in [2.24, 2.45) is 0 Å². The standard InChI is InChI=1S/C20H22N2O2S/c1-14-17(21-20(24-14)19-9-5-11-25-19)13-22-10-4-8-18(22)15-6-3-7-16(12-15)23-2/h3,5-7,9,11-12,18H,4,8,10,13H2,1-2H3. The van der Waals surface area contributed by atoms with Crippen molar-refractivity contribution in [1.82, 2.24) is 9.88 Å². The van der Waals surface area contributed by atoms with E-state index in [2.05, 4.69) is 29.2 Å². The van der Waals surface area contributed by atoms with Crippen molar-refractivity contribution in [1.29, 1.82) is 0 Å². The summed E-state index contributed by atoms with van der Waals surface area (Å²) >= 11 is 1.66. The Labute approximate surface area is 152 Å². The number of thiophene rings is 1. The smallest absolute Gasteiger partial charge is 0.236 e. The highest BCUT2D eigenvalue weighted by Crippen LogP contribution is 2.35. The maximum atomic E-state index is 5.90. The first kappa shape index (κ1) is 16.4. The van der Waals surface area contributed by atoms with Crippen molar-refractivity contribution in [3.63, 3.8) is 0 Å². The molecule has 1 unspecified atom stereocenters. The minimum Gasteiger partial charge on any atom is -0.497 e. The van der Waals surface area contributed by atoms with E-state index in [-0.39, 0.29) is 0 Å². The Balaban J connectivity index is 1.55. The highest BCUT2D eigenvalue weighted by Gasteiger charge is 2.28. The Morgan fingerprint density at radius 2 is 2.24 bits per heavy atom. The van der Waals surface area contributed by atoms with E-state index in [1.807, 2.05) is 24.4 Å². The second kappa shape index (κ2) is 7.02. The van der Waals surface area contributed by atoms with Gasteiger partial charge in [0.2, 0.25) is 5.89 Å². The number of hydrogen-bond donors (Lipinski definition) is 0. The van der Waals surface area contributed by atoms with Crippen molar-refractivity contribution in [3.8, 4) is 16.5 Å². The molecule has 4 rings (SSSR count). The number of nitrogens with zero attached hydrogens (tertiary/aromatic N) is 2. The zero-order chi connectivity index (χ0) is 17.2. The summed E-state index contributed by atoms with van der Waals surface area (Å²) in [5.74, 6) is 2.57. The third-order valence-electron chi connectivity index (χ3n) is 4.82. The average Bonchev–Trinajstić information content (AvgIpc) is 3.37. The quantitative estimate of drug-likeness (QED) is 0.642. The van der Waals surface area contributed by atoms with Crippen LogP contribution in [0.3, 0.4) is 0 Å². The van der Waals surface area contributed by atoms with Crippen LogP contribution in [0.15, 0.2) is 46.2 Å². The lowest BCUT2D eigenvalue weighted by Crippen LogP contribution is -2.23. The number of aryl methyl sites for hydroxylation is 1. The van der Waals surface area contributed by atoms with E-state index >= 15 is 0 Å². The molecule has 130 valence electrons. The molecule has 1 aromatic carbocycles. The average molecular weight is 354 g/mol. The molecule has 4 nitrogen and oxygen atoms in total. The number of aromatic nitrogens is 1. The SMILES string of the molecule is COc1cccc(C2CCCN2Cc2nc(-c3cccs3)oc2C)c1. The summed E-state index contributed by atoms with van der Waals surface area (Å²) < 4.78 is 11.3. The van der Waals surface area contributed by atoms with Crippen molar-refractivity contribution >= 4 is 11.3 Å². The van der Waals surface area contributed by atoms with Gasteiger partial charge in [-0.15, -0.1) is 11.3 Å². The molecular weight excluding hydrogens is 332 g/mol. The van der Waals surface area contributed by atoms with E-state index < -0.39 is 0 Å². The van der Waals surface area contributed by atoms with Crippen molar-refractivity contribution in [3.05, 3.63) is 58.8 Å². The predicted octanol–water partition coefficient (Wildman–Crippen LogP) is 5.06. The van der Waals surface area contributed by atoms with Crippen LogP contribution in [0.1, 0.15) is 35.9 Å². The summed E-state index contributed by atoms with van der Waals surface area (Å²) in [6.45, 7) is 3.92. The van der Waals surface area contributed by atoms with Crippen LogP contribution in [0, 0.1) is 6.92 Å².